The highest BCUT2D eigenvalue weighted by atomic mass is 19.1. The molecular weight excluding hydrogens is 521 g/mol. The lowest BCUT2D eigenvalue weighted by Crippen LogP contribution is -2.29. The molecule has 8 heteroatoms. The van der Waals surface area contributed by atoms with Gasteiger partial charge in [-0.15, -0.1) is 0 Å². The molecule has 214 valence electrons. The lowest BCUT2D eigenvalue weighted by Gasteiger charge is -2.27. The van der Waals surface area contributed by atoms with Gasteiger partial charge in [-0.05, 0) is 79.8 Å². The molecule has 1 aromatic heterocycles. The van der Waals surface area contributed by atoms with Crippen molar-refractivity contribution in [1.82, 2.24) is 15.1 Å². The number of ether oxygens (including phenoxy) is 2. The first-order valence-corrected chi connectivity index (χ1v) is 14.2. The van der Waals surface area contributed by atoms with Crippen molar-refractivity contribution in [3.63, 3.8) is 0 Å². The van der Waals surface area contributed by atoms with Crippen LogP contribution in [0.5, 0.6) is 17.2 Å². The van der Waals surface area contributed by atoms with E-state index in [2.05, 4.69) is 17.1 Å². The van der Waals surface area contributed by atoms with Crippen LogP contribution < -0.4 is 9.47 Å². The number of aryl methyl sites for hydroxylation is 2. The first-order valence-electron chi connectivity index (χ1n) is 14.2. The summed E-state index contributed by atoms with van der Waals surface area (Å²) in [6.45, 7) is 9.17. The molecule has 1 aliphatic rings. The Morgan fingerprint density at radius 2 is 1.78 bits per heavy atom. The fraction of sp³-hybridized carbons (Fsp3) is 0.333. The number of H-pyrrole nitrogens is 1. The van der Waals surface area contributed by atoms with Gasteiger partial charge in [-0.3, -0.25) is 9.89 Å². The van der Waals surface area contributed by atoms with Crippen LogP contribution in [0.4, 0.5) is 4.39 Å². The van der Waals surface area contributed by atoms with E-state index >= 15 is 0 Å². The molecular formula is C33H36FN3O4. The standard InChI is InChI=1S/C33H36FN3O4/c1-5-7-8-15-41-26-14-11-23(18-27(26)40-6-2)31-28-29(25-17-20(3)16-21(4)32(25)38)35-36-30(28)33(39)37(31)19-22-9-12-24(34)13-10-22/h9-14,16-18,31,38H,5-8,15,19H2,1-4H3,(H,35,36). The van der Waals surface area contributed by atoms with Crippen LogP contribution in [-0.4, -0.2) is 39.3 Å². The molecule has 2 N–H and O–H groups in total. The zero-order valence-electron chi connectivity index (χ0n) is 24.0. The maximum Gasteiger partial charge on any atom is 0.273 e. The number of amides is 1. The summed E-state index contributed by atoms with van der Waals surface area (Å²) in [6, 6.07) is 15.1. The topological polar surface area (TPSA) is 87.7 Å². The molecule has 0 spiro atoms. The Balaban J connectivity index is 1.62. The van der Waals surface area contributed by atoms with Crippen LogP contribution in [-0.2, 0) is 6.54 Å². The summed E-state index contributed by atoms with van der Waals surface area (Å²) >= 11 is 0. The van der Waals surface area contributed by atoms with E-state index < -0.39 is 6.04 Å². The quantitative estimate of drug-likeness (QED) is 0.190. The van der Waals surface area contributed by atoms with Crippen LogP contribution >= 0.6 is 0 Å². The zero-order chi connectivity index (χ0) is 29.1. The smallest absolute Gasteiger partial charge is 0.273 e. The molecule has 0 aliphatic carbocycles. The highest BCUT2D eigenvalue weighted by Gasteiger charge is 2.43. The Morgan fingerprint density at radius 3 is 2.51 bits per heavy atom. The third-order valence-electron chi connectivity index (χ3n) is 7.42. The van der Waals surface area contributed by atoms with E-state index in [1.165, 1.54) is 12.1 Å². The first kappa shape index (κ1) is 28.2. The predicted molar refractivity (Wildman–Crippen MR) is 156 cm³/mol. The maximum absolute atomic E-state index is 13.9. The number of rotatable bonds is 11. The summed E-state index contributed by atoms with van der Waals surface area (Å²) in [5, 5.41) is 18.5. The largest absolute Gasteiger partial charge is 0.507 e. The minimum Gasteiger partial charge on any atom is -0.507 e. The number of aromatic hydroxyl groups is 1. The van der Waals surface area contributed by atoms with E-state index in [9.17, 15) is 14.3 Å². The van der Waals surface area contributed by atoms with E-state index in [0.717, 1.165) is 41.5 Å². The lowest BCUT2D eigenvalue weighted by molar-refractivity contribution is 0.0729. The van der Waals surface area contributed by atoms with Crippen LogP contribution in [0.1, 0.15) is 77.5 Å². The van der Waals surface area contributed by atoms with Crippen LogP contribution in [0.25, 0.3) is 11.3 Å². The zero-order valence-corrected chi connectivity index (χ0v) is 24.0. The number of nitrogens with one attached hydrogen (secondary N) is 1. The minimum absolute atomic E-state index is 0.124. The Morgan fingerprint density at radius 1 is 1.00 bits per heavy atom. The van der Waals surface area contributed by atoms with Gasteiger partial charge in [0.15, 0.2) is 11.5 Å². The van der Waals surface area contributed by atoms with Gasteiger partial charge in [0.05, 0.1) is 19.3 Å². The number of hydrogen-bond acceptors (Lipinski definition) is 5. The average molecular weight is 558 g/mol. The van der Waals surface area contributed by atoms with E-state index in [4.69, 9.17) is 9.47 Å². The summed E-state index contributed by atoms with van der Waals surface area (Å²) in [4.78, 5) is 15.6. The van der Waals surface area contributed by atoms with Crippen molar-refractivity contribution in [3.8, 4) is 28.5 Å². The Labute approximate surface area is 239 Å². The number of carbonyl (C=O) groups excluding carboxylic acids is 1. The van der Waals surface area contributed by atoms with Gasteiger partial charge in [-0.25, -0.2) is 4.39 Å². The van der Waals surface area contributed by atoms with Gasteiger partial charge >= 0.3 is 0 Å². The lowest BCUT2D eigenvalue weighted by atomic mass is 9.93. The van der Waals surface area contributed by atoms with Crippen molar-refractivity contribution >= 4 is 5.91 Å². The Bertz CT molecular complexity index is 1550. The van der Waals surface area contributed by atoms with Crippen molar-refractivity contribution in [2.75, 3.05) is 13.2 Å². The fourth-order valence-corrected chi connectivity index (χ4v) is 5.46. The fourth-order valence-electron chi connectivity index (χ4n) is 5.46. The maximum atomic E-state index is 13.9. The number of halogens is 1. The molecule has 0 fully saturated rings. The predicted octanol–water partition coefficient (Wildman–Crippen LogP) is 7.25. The second-order valence-electron chi connectivity index (χ2n) is 10.5. The molecule has 41 heavy (non-hydrogen) atoms. The number of hydrogen-bond donors (Lipinski definition) is 2. The van der Waals surface area contributed by atoms with Crippen molar-refractivity contribution in [1.29, 1.82) is 0 Å². The number of unbranched alkanes of at least 4 members (excludes halogenated alkanes) is 2. The van der Waals surface area contributed by atoms with Gasteiger partial charge in [0.25, 0.3) is 5.91 Å². The van der Waals surface area contributed by atoms with Crippen LogP contribution in [0.2, 0.25) is 0 Å². The number of benzene rings is 3. The van der Waals surface area contributed by atoms with Crippen LogP contribution in [0, 0.1) is 19.7 Å². The third-order valence-corrected chi connectivity index (χ3v) is 7.42. The average Bonchev–Trinajstić information content (AvgIpc) is 3.49. The summed E-state index contributed by atoms with van der Waals surface area (Å²) in [5.41, 5.74) is 5.42. The molecule has 0 saturated heterocycles. The van der Waals surface area contributed by atoms with Gasteiger partial charge in [0, 0.05) is 17.7 Å². The summed E-state index contributed by atoms with van der Waals surface area (Å²) < 4.78 is 25.7. The summed E-state index contributed by atoms with van der Waals surface area (Å²) in [6.07, 6.45) is 3.14. The molecule has 7 nitrogen and oxygen atoms in total. The second-order valence-corrected chi connectivity index (χ2v) is 10.5. The van der Waals surface area contributed by atoms with E-state index in [0.29, 0.717) is 47.2 Å². The van der Waals surface area contributed by atoms with Gasteiger partial charge in [0.2, 0.25) is 0 Å². The monoisotopic (exact) mass is 557 g/mol. The molecule has 0 saturated carbocycles. The second kappa shape index (κ2) is 12.0. The van der Waals surface area contributed by atoms with Gasteiger partial charge in [-0.1, -0.05) is 44.0 Å². The third kappa shape index (κ3) is 5.64. The molecule has 3 aromatic carbocycles. The normalized spacial score (nSPS) is 14.4. The van der Waals surface area contributed by atoms with Crippen LogP contribution in [0.3, 0.4) is 0 Å². The molecule has 5 rings (SSSR count). The van der Waals surface area contributed by atoms with Crippen molar-refractivity contribution in [3.05, 3.63) is 93.9 Å². The van der Waals surface area contributed by atoms with Crippen molar-refractivity contribution < 1.29 is 23.8 Å². The molecule has 1 unspecified atom stereocenters. The van der Waals surface area contributed by atoms with Gasteiger partial charge in [-0.2, -0.15) is 5.10 Å². The number of carbonyl (C=O) groups is 1. The highest BCUT2D eigenvalue weighted by Crippen LogP contribution is 2.47. The molecule has 1 aliphatic heterocycles. The van der Waals surface area contributed by atoms with Crippen molar-refractivity contribution in [2.24, 2.45) is 0 Å². The van der Waals surface area contributed by atoms with Crippen molar-refractivity contribution in [2.45, 2.75) is 59.5 Å². The molecule has 1 amide bonds. The molecule has 1 atom stereocenters. The molecule has 2 heterocycles. The first-order chi connectivity index (χ1) is 19.8. The summed E-state index contributed by atoms with van der Waals surface area (Å²) in [5.74, 6) is 0.814. The van der Waals surface area contributed by atoms with E-state index in [1.54, 1.807) is 17.0 Å². The van der Waals surface area contributed by atoms with Crippen LogP contribution in [0.15, 0.2) is 54.6 Å². The Kier molecular flexibility index (Phi) is 8.28. The SMILES string of the molecule is CCCCCOc1ccc(C2c3c(-c4cc(C)cc(C)c4O)n[nH]c3C(=O)N2Cc2ccc(F)cc2)cc1OCC. The van der Waals surface area contributed by atoms with Gasteiger partial charge in [0.1, 0.15) is 23.0 Å². The van der Waals surface area contributed by atoms with Gasteiger partial charge < -0.3 is 19.5 Å². The Hall–Kier alpha value is -4.33. The number of fused-ring (bicyclic) bond motifs is 1. The highest BCUT2D eigenvalue weighted by molar-refractivity contribution is 6.00. The van der Waals surface area contributed by atoms with E-state index in [1.807, 2.05) is 51.1 Å². The number of phenolic OH excluding ortho intramolecular Hbond substituents is 1. The molecule has 0 bridgehead atoms. The summed E-state index contributed by atoms with van der Waals surface area (Å²) in [7, 11) is 0. The number of phenols is 1. The van der Waals surface area contributed by atoms with E-state index in [-0.39, 0.29) is 24.0 Å². The number of aromatic amines is 1. The number of aromatic nitrogens is 2. The molecule has 0 radical (unpaired) electrons. The number of nitrogens with zero attached hydrogens (tertiary/aromatic N) is 2. The minimum atomic E-state index is -0.537. The molecule has 4 aromatic rings.